The summed E-state index contributed by atoms with van der Waals surface area (Å²) in [6, 6.07) is 0. The summed E-state index contributed by atoms with van der Waals surface area (Å²) in [6.45, 7) is 0.803. The summed E-state index contributed by atoms with van der Waals surface area (Å²) in [6.07, 6.45) is -11.3. The average molecular weight is 219 g/mol. The summed E-state index contributed by atoms with van der Waals surface area (Å²) >= 11 is 0. The van der Waals surface area contributed by atoms with Gasteiger partial charge in [-0.15, -0.1) is 0 Å². The highest BCUT2D eigenvalue weighted by atomic mass is 19.4. The van der Waals surface area contributed by atoms with Gasteiger partial charge in [-0.2, -0.15) is 22.0 Å². The zero-order chi connectivity index (χ0) is 10.8. The Morgan fingerprint density at radius 2 is 1.50 bits per heavy atom. The van der Waals surface area contributed by atoms with E-state index < -0.39 is 18.4 Å². The summed E-state index contributed by atoms with van der Waals surface area (Å²) in [5, 5.41) is 2.83. The van der Waals surface area contributed by atoms with Gasteiger partial charge in [0.25, 0.3) is 0 Å². The van der Waals surface area contributed by atoms with Gasteiger partial charge in [0.15, 0.2) is 0 Å². The maximum Gasteiger partial charge on any atom is 0.482 e. The summed E-state index contributed by atoms with van der Waals surface area (Å²) in [4.78, 5) is 0. The van der Waals surface area contributed by atoms with Gasteiger partial charge in [0.2, 0.25) is 0 Å². The second-order valence-electron chi connectivity index (χ2n) is 3.08. The number of hydrogen-bond donors (Lipinski definition) is 1. The molecule has 2 nitrogen and oxygen atoms in total. The lowest BCUT2D eigenvalue weighted by molar-refractivity contribution is -0.403. The number of nitrogens with one attached hydrogen (secondary N) is 1. The molecule has 0 saturated carbocycles. The molecule has 0 amide bonds. The first-order valence-corrected chi connectivity index (χ1v) is 4.16. The second-order valence-corrected chi connectivity index (χ2v) is 3.08. The quantitative estimate of drug-likeness (QED) is 0.716. The minimum atomic E-state index is -5.63. The fourth-order valence-corrected chi connectivity index (χ4v) is 1.19. The van der Waals surface area contributed by atoms with Gasteiger partial charge >= 0.3 is 12.3 Å². The van der Waals surface area contributed by atoms with Crippen molar-refractivity contribution in [1.82, 2.24) is 5.32 Å². The van der Waals surface area contributed by atoms with E-state index in [-0.39, 0.29) is 12.8 Å². The Labute approximate surface area is 77.4 Å². The predicted molar refractivity (Wildman–Crippen MR) is 38.0 cm³/mol. The number of piperidine rings is 1. The molecule has 1 rings (SSSR count). The first-order chi connectivity index (χ1) is 6.33. The molecule has 84 valence electrons. The zero-order valence-electron chi connectivity index (χ0n) is 7.20. The zero-order valence-corrected chi connectivity index (χ0v) is 7.20. The Kier molecular flexibility index (Phi) is 3.31. The van der Waals surface area contributed by atoms with Crippen molar-refractivity contribution in [2.24, 2.45) is 0 Å². The molecule has 1 aliphatic rings. The van der Waals surface area contributed by atoms with Crippen molar-refractivity contribution in [1.29, 1.82) is 0 Å². The van der Waals surface area contributed by atoms with E-state index in [0.717, 1.165) is 0 Å². The van der Waals surface area contributed by atoms with E-state index in [0.29, 0.717) is 13.1 Å². The van der Waals surface area contributed by atoms with Crippen molar-refractivity contribution in [2.45, 2.75) is 31.2 Å². The van der Waals surface area contributed by atoms with Crippen molar-refractivity contribution in [3.8, 4) is 0 Å². The van der Waals surface area contributed by atoms with Crippen LogP contribution < -0.4 is 5.32 Å². The molecule has 0 aromatic heterocycles. The lowest BCUT2D eigenvalue weighted by atomic mass is 10.1. The van der Waals surface area contributed by atoms with Crippen molar-refractivity contribution in [3.63, 3.8) is 0 Å². The Morgan fingerprint density at radius 3 is 1.93 bits per heavy atom. The van der Waals surface area contributed by atoms with E-state index in [2.05, 4.69) is 10.1 Å². The van der Waals surface area contributed by atoms with E-state index in [4.69, 9.17) is 0 Å². The van der Waals surface area contributed by atoms with Gasteiger partial charge in [-0.25, -0.2) is 0 Å². The topological polar surface area (TPSA) is 21.3 Å². The number of ether oxygens (including phenoxy) is 1. The Balaban J connectivity index is 2.49. The number of rotatable bonds is 2. The molecule has 0 aromatic carbocycles. The van der Waals surface area contributed by atoms with Gasteiger partial charge in [0.1, 0.15) is 0 Å². The third kappa shape index (κ3) is 2.78. The van der Waals surface area contributed by atoms with Crippen molar-refractivity contribution >= 4 is 0 Å². The lowest BCUT2D eigenvalue weighted by Crippen LogP contribution is -2.44. The minimum Gasteiger partial charge on any atom is -0.317 e. The molecule has 1 fully saturated rings. The van der Waals surface area contributed by atoms with E-state index in [1.807, 2.05) is 0 Å². The Bertz CT molecular complexity index is 187. The maximum atomic E-state index is 12.3. The molecule has 0 bridgehead atoms. The van der Waals surface area contributed by atoms with Crippen LogP contribution >= 0.6 is 0 Å². The molecular formula is C7H10F5NO. The number of halogens is 5. The van der Waals surface area contributed by atoms with Crippen molar-refractivity contribution in [2.75, 3.05) is 13.1 Å². The fraction of sp³-hybridized carbons (Fsp3) is 1.00. The summed E-state index contributed by atoms with van der Waals surface area (Å²) < 4.78 is 63.5. The van der Waals surface area contributed by atoms with Gasteiger partial charge in [-0.1, -0.05) is 0 Å². The van der Waals surface area contributed by atoms with Crippen LogP contribution in [0.1, 0.15) is 12.8 Å². The molecule has 0 aromatic rings. The molecule has 1 heterocycles. The van der Waals surface area contributed by atoms with Crippen LogP contribution in [-0.4, -0.2) is 31.5 Å². The molecule has 1 saturated heterocycles. The largest absolute Gasteiger partial charge is 0.482 e. The van der Waals surface area contributed by atoms with E-state index in [9.17, 15) is 22.0 Å². The van der Waals surface area contributed by atoms with Crippen LogP contribution in [0.25, 0.3) is 0 Å². The third-order valence-electron chi connectivity index (χ3n) is 1.93. The fourth-order valence-electron chi connectivity index (χ4n) is 1.19. The van der Waals surface area contributed by atoms with Crippen LogP contribution in [0.15, 0.2) is 0 Å². The molecule has 0 atom stereocenters. The summed E-state index contributed by atoms with van der Waals surface area (Å²) in [7, 11) is 0. The van der Waals surface area contributed by atoms with E-state index in [1.54, 1.807) is 0 Å². The maximum absolute atomic E-state index is 12.3. The average Bonchev–Trinajstić information content (AvgIpc) is 2.03. The van der Waals surface area contributed by atoms with Gasteiger partial charge in [-0.3, -0.25) is 0 Å². The first-order valence-electron chi connectivity index (χ1n) is 4.16. The van der Waals surface area contributed by atoms with Gasteiger partial charge < -0.3 is 10.1 Å². The van der Waals surface area contributed by atoms with Crippen LogP contribution in [0.4, 0.5) is 22.0 Å². The van der Waals surface area contributed by atoms with Gasteiger partial charge in [-0.05, 0) is 25.9 Å². The van der Waals surface area contributed by atoms with Crippen LogP contribution in [0.5, 0.6) is 0 Å². The smallest absolute Gasteiger partial charge is 0.317 e. The number of hydrogen-bond acceptors (Lipinski definition) is 2. The predicted octanol–water partition coefficient (Wildman–Crippen LogP) is 1.91. The third-order valence-corrected chi connectivity index (χ3v) is 1.93. The SMILES string of the molecule is FC(F)(F)C(F)(F)OC1CCNCC1. The van der Waals surface area contributed by atoms with Gasteiger partial charge in [0, 0.05) is 0 Å². The van der Waals surface area contributed by atoms with Gasteiger partial charge in [0.05, 0.1) is 6.10 Å². The molecule has 0 spiro atoms. The highest BCUT2D eigenvalue weighted by Gasteiger charge is 2.60. The van der Waals surface area contributed by atoms with E-state index >= 15 is 0 Å². The minimum absolute atomic E-state index is 0.172. The Morgan fingerprint density at radius 1 is 1.00 bits per heavy atom. The van der Waals surface area contributed by atoms with Crippen molar-refractivity contribution < 1.29 is 26.7 Å². The molecule has 0 unspecified atom stereocenters. The molecule has 7 heteroatoms. The summed E-state index contributed by atoms with van der Waals surface area (Å²) in [5.41, 5.74) is 0. The highest BCUT2D eigenvalue weighted by Crippen LogP contribution is 2.38. The van der Waals surface area contributed by atoms with Crippen LogP contribution in [-0.2, 0) is 4.74 Å². The van der Waals surface area contributed by atoms with E-state index in [1.165, 1.54) is 0 Å². The van der Waals surface area contributed by atoms with Crippen LogP contribution in [0.2, 0.25) is 0 Å². The molecule has 1 aliphatic heterocycles. The second kappa shape index (κ2) is 3.98. The number of alkyl halides is 5. The molecule has 0 aliphatic carbocycles. The monoisotopic (exact) mass is 219 g/mol. The van der Waals surface area contributed by atoms with Crippen LogP contribution in [0, 0.1) is 0 Å². The molecule has 14 heavy (non-hydrogen) atoms. The normalized spacial score (nSPS) is 21.2. The van der Waals surface area contributed by atoms with Crippen LogP contribution in [0.3, 0.4) is 0 Å². The van der Waals surface area contributed by atoms with Crippen molar-refractivity contribution in [3.05, 3.63) is 0 Å². The summed E-state index contributed by atoms with van der Waals surface area (Å²) in [5.74, 6) is 0. The molecule has 1 N–H and O–H groups in total. The molecule has 0 radical (unpaired) electrons. The molecular weight excluding hydrogens is 209 g/mol. The standard InChI is InChI=1S/C7H10F5NO/c8-6(9,10)7(11,12)14-5-1-3-13-4-2-5/h5,13H,1-4H2. The lowest BCUT2D eigenvalue weighted by Gasteiger charge is -2.28. The highest BCUT2D eigenvalue weighted by molar-refractivity contribution is 4.73. The Hall–Kier alpha value is -0.430. The first kappa shape index (κ1) is 11.6.